The molecule has 0 saturated carbocycles. The predicted octanol–water partition coefficient (Wildman–Crippen LogP) is 3.86. The van der Waals surface area contributed by atoms with Crippen LogP contribution in [0.4, 0.5) is 8.78 Å². The number of carbonyl (C=O) groups is 1. The summed E-state index contributed by atoms with van der Waals surface area (Å²) in [4.78, 5) is 11.5. The van der Waals surface area contributed by atoms with Gasteiger partial charge in [-0.25, -0.2) is 0 Å². The lowest BCUT2D eigenvalue weighted by molar-refractivity contribution is -0.141. The fourth-order valence-electron chi connectivity index (χ4n) is 1.29. The van der Waals surface area contributed by atoms with Crippen LogP contribution in [0.3, 0.4) is 0 Å². The molecule has 1 aromatic carbocycles. The van der Waals surface area contributed by atoms with Gasteiger partial charge in [-0.2, -0.15) is 8.78 Å². The summed E-state index contributed by atoms with van der Waals surface area (Å²) >= 11 is 0. The lowest BCUT2D eigenvalue weighted by atomic mass is 10.1. The van der Waals surface area contributed by atoms with Crippen LogP contribution in [0, 0.1) is 0 Å². The minimum atomic E-state index is -3.78. The molecule has 20 heavy (non-hydrogen) atoms. The molecule has 4 nitrogen and oxygen atoms in total. The van der Waals surface area contributed by atoms with Gasteiger partial charge in [0, 0.05) is 19.8 Å². The van der Waals surface area contributed by atoms with Crippen LogP contribution < -0.4 is 0 Å². The third-order valence-corrected chi connectivity index (χ3v) is 4.17. The maximum Gasteiger partial charge on any atom is 0.337 e. The van der Waals surface area contributed by atoms with Gasteiger partial charge in [-0.05, 0) is 0 Å². The van der Waals surface area contributed by atoms with E-state index >= 15 is 0 Å². The Kier molecular flexibility index (Phi) is 7.79. The average molecular weight is 308 g/mol. The summed E-state index contributed by atoms with van der Waals surface area (Å²) in [5.74, 6) is -5.21. The molecule has 0 amide bonds. The van der Waals surface area contributed by atoms with E-state index in [-0.39, 0.29) is 0 Å². The molecule has 0 aromatic heterocycles. The van der Waals surface area contributed by atoms with E-state index in [1.807, 2.05) is 13.8 Å². The molecular weight excluding hydrogens is 289 g/mol. The van der Waals surface area contributed by atoms with Crippen molar-refractivity contribution in [3.8, 4) is 0 Å². The molecular formula is C13H19F2O4P. The van der Waals surface area contributed by atoms with Crippen molar-refractivity contribution in [1.29, 1.82) is 0 Å². The van der Waals surface area contributed by atoms with Gasteiger partial charge in [-0.3, -0.25) is 9.36 Å². The van der Waals surface area contributed by atoms with Gasteiger partial charge in [0.2, 0.25) is 5.78 Å². The Balaban J connectivity index is 0.00000172. The van der Waals surface area contributed by atoms with Crippen molar-refractivity contribution in [2.45, 2.75) is 19.8 Å². The summed E-state index contributed by atoms with van der Waals surface area (Å²) in [5.41, 5.74) is -0.450. The Morgan fingerprint density at radius 2 is 1.60 bits per heavy atom. The number of Topliss-reactive ketones (excluding diaryl/α,β-unsaturated/α-hetero) is 1. The van der Waals surface area contributed by atoms with Gasteiger partial charge in [0.1, 0.15) is 6.16 Å². The molecule has 0 unspecified atom stereocenters. The molecule has 1 rings (SSSR count). The Morgan fingerprint density at radius 3 is 2.00 bits per heavy atom. The van der Waals surface area contributed by atoms with Gasteiger partial charge in [0.25, 0.3) is 0 Å². The molecule has 114 valence electrons. The van der Waals surface area contributed by atoms with E-state index in [0.29, 0.717) is 0 Å². The molecule has 0 aliphatic carbocycles. The van der Waals surface area contributed by atoms with Crippen LogP contribution in [0.5, 0.6) is 0 Å². The van der Waals surface area contributed by atoms with Crippen LogP contribution in [0.15, 0.2) is 30.3 Å². The third-order valence-electron chi connectivity index (χ3n) is 2.38. The zero-order chi connectivity index (χ0) is 15.8. The van der Waals surface area contributed by atoms with E-state index in [4.69, 9.17) is 0 Å². The van der Waals surface area contributed by atoms with Gasteiger partial charge in [-0.1, -0.05) is 44.2 Å². The maximum absolute atomic E-state index is 13.8. The highest BCUT2D eigenvalue weighted by molar-refractivity contribution is 7.54. The Labute approximate surface area is 117 Å². The highest BCUT2D eigenvalue weighted by atomic mass is 31.2. The van der Waals surface area contributed by atoms with Gasteiger partial charge in [0.15, 0.2) is 0 Å². The first-order valence-electron chi connectivity index (χ1n) is 6.03. The normalized spacial score (nSPS) is 11.5. The zero-order valence-corrected chi connectivity index (χ0v) is 12.8. The van der Waals surface area contributed by atoms with Crippen LogP contribution in [0.25, 0.3) is 0 Å². The largest absolute Gasteiger partial charge is 0.337 e. The van der Waals surface area contributed by atoms with Gasteiger partial charge in [0.05, 0.1) is 0 Å². The van der Waals surface area contributed by atoms with Gasteiger partial charge >= 0.3 is 13.5 Å². The van der Waals surface area contributed by atoms with Crippen molar-refractivity contribution in [3.05, 3.63) is 35.9 Å². The molecule has 7 heteroatoms. The van der Waals surface area contributed by atoms with E-state index < -0.39 is 31.0 Å². The molecule has 0 radical (unpaired) electrons. The Hall–Kier alpha value is -1.10. The molecule has 0 aliphatic heterocycles. The van der Waals surface area contributed by atoms with E-state index in [2.05, 4.69) is 9.05 Å². The van der Waals surface area contributed by atoms with Crippen molar-refractivity contribution in [2.24, 2.45) is 0 Å². The monoisotopic (exact) mass is 308 g/mol. The van der Waals surface area contributed by atoms with Crippen LogP contribution in [0.1, 0.15) is 19.4 Å². The minimum Gasteiger partial charge on any atom is -0.312 e. The fraction of sp³-hybridized carbons (Fsp3) is 0.462. The topological polar surface area (TPSA) is 52.6 Å². The fourth-order valence-corrected chi connectivity index (χ4v) is 2.24. The molecule has 0 saturated heterocycles. The first kappa shape index (κ1) is 18.9. The van der Waals surface area contributed by atoms with Crippen molar-refractivity contribution in [3.63, 3.8) is 0 Å². The number of halogens is 2. The molecule has 1 aromatic rings. The lowest BCUT2D eigenvalue weighted by Gasteiger charge is -2.18. The SMILES string of the molecule is CC.COP(=O)(CC(=O)C(F)(F)c1ccccc1)OC. The molecule has 0 fully saturated rings. The molecule has 0 atom stereocenters. The summed E-state index contributed by atoms with van der Waals surface area (Å²) in [6.07, 6.45) is -0.970. The predicted molar refractivity (Wildman–Crippen MR) is 73.2 cm³/mol. The summed E-state index contributed by atoms with van der Waals surface area (Å²) in [6, 6.07) is 6.59. The first-order chi connectivity index (χ1) is 9.35. The number of benzene rings is 1. The van der Waals surface area contributed by atoms with E-state index in [1.54, 1.807) is 6.07 Å². The minimum absolute atomic E-state index is 0.450. The number of hydrogen-bond acceptors (Lipinski definition) is 4. The van der Waals surface area contributed by atoms with Crippen LogP contribution in [-0.2, 0) is 24.3 Å². The van der Waals surface area contributed by atoms with Crippen LogP contribution >= 0.6 is 7.60 Å². The zero-order valence-electron chi connectivity index (χ0n) is 11.9. The highest BCUT2D eigenvalue weighted by Gasteiger charge is 2.44. The molecule has 0 bridgehead atoms. The second kappa shape index (κ2) is 8.25. The van der Waals surface area contributed by atoms with E-state index in [0.717, 1.165) is 26.4 Å². The number of alkyl halides is 2. The summed E-state index contributed by atoms with van der Waals surface area (Å²) in [5, 5.41) is 0. The van der Waals surface area contributed by atoms with E-state index in [9.17, 15) is 18.1 Å². The quantitative estimate of drug-likeness (QED) is 0.749. The Bertz CT molecular complexity index is 455. The Morgan fingerprint density at radius 1 is 1.15 bits per heavy atom. The average Bonchev–Trinajstić information content (AvgIpc) is 2.50. The van der Waals surface area contributed by atoms with Crippen LogP contribution in [0.2, 0.25) is 0 Å². The molecule has 0 heterocycles. The smallest absolute Gasteiger partial charge is 0.312 e. The van der Waals surface area contributed by atoms with Crippen molar-refractivity contribution >= 4 is 13.4 Å². The summed E-state index contributed by atoms with van der Waals surface area (Å²) < 4.78 is 48.1. The number of carbonyl (C=O) groups excluding carboxylic acids is 1. The first-order valence-corrected chi connectivity index (χ1v) is 7.75. The number of ketones is 1. The van der Waals surface area contributed by atoms with Crippen molar-refractivity contribution in [1.82, 2.24) is 0 Å². The second-order valence-corrected chi connectivity index (χ2v) is 5.77. The van der Waals surface area contributed by atoms with Gasteiger partial charge in [-0.15, -0.1) is 0 Å². The standard InChI is InChI=1S/C11H13F2O4P.C2H6/c1-16-18(15,17-2)8-10(14)11(12,13)9-6-4-3-5-7-9;1-2/h3-7H,8H2,1-2H3;1-2H3. The molecule has 0 spiro atoms. The third kappa shape index (κ3) is 4.78. The van der Waals surface area contributed by atoms with Crippen molar-refractivity contribution < 1.29 is 27.2 Å². The van der Waals surface area contributed by atoms with Crippen molar-refractivity contribution in [2.75, 3.05) is 20.4 Å². The maximum atomic E-state index is 13.8. The number of hydrogen-bond donors (Lipinski definition) is 0. The number of rotatable bonds is 6. The molecule has 0 aliphatic rings. The highest BCUT2D eigenvalue weighted by Crippen LogP contribution is 2.48. The summed E-state index contributed by atoms with van der Waals surface area (Å²) in [7, 11) is -1.70. The molecule has 0 N–H and O–H groups in total. The summed E-state index contributed by atoms with van der Waals surface area (Å²) in [6.45, 7) is 4.00. The van der Waals surface area contributed by atoms with Crippen LogP contribution in [-0.4, -0.2) is 26.2 Å². The van der Waals surface area contributed by atoms with E-state index in [1.165, 1.54) is 12.1 Å². The second-order valence-electron chi connectivity index (χ2n) is 3.50. The lowest BCUT2D eigenvalue weighted by Crippen LogP contribution is -2.29. The van der Waals surface area contributed by atoms with Gasteiger partial charge < -0.3 is 9.05 Å².